The second-order valence-corrected chi connectivity index (χ2v) is 12.0. The van der Waals surface area contributed by atoms with Crippen LogP contribution in [0.2, 0.25) is 5.02 Å². The molecule has 1 aliphatic rings. The lowest BCUT2D eigenvalue weighted by Crippen LogP contribution is -2.38. The third-order valence-corrected chi connectivity index (χ3v) is 8.31. The van der Waals surface area contributed by atoms with Crippen LogP contribution >= 0.6 is 11.6 Å². The number of pyridine rings is 2. The number of hydrogen-bond acceptors (Lipinski definition) is 8. The SMILES string of the molecule is CC(C)(CNc1c(C#N)cnc2c(Cl)cc(N[C@H](/C(=C/NC3(C(F)F)CC3)NN)c3cccc4ncccc34)cc12)C(F)(F)F. The fourth-order valence-electron chi connectivity index (χ4n) is 4.89. The number of nitrogens with one attached hydrogen (secondary N) is 4. The zero-order valence-corrected chi connectivity index (χ0v) is 25.0. The summed E-state index contributed by atoms with van der Waals surface area (Å²) in [7, 11) is 0. The zero-order chi connectivity index (χ0) is 32.6. The minimum Gasteiger partial charge on any atom is -0.382 e. The van der Waals surface area contributed by atoms with E-state index in [4.69, 9.17) is 17.4 Å². The van der Waals surface area contributed by atoms with Gasteiger partial charge in [-0.15, -0.1) is 0 Å². The Morgan fingerprint density at radius 2 is 1.89 bits per heavy atom. The molecule has 1 saturated carbocycles. The van der Waals surface area contributed by atoms with Crippen LogP contribution in [0.5, 0.6) is 0 Å². The molecule has 4 aromatic rings. The molecule has 14 heteroatoms. The highest BCUT2D eigenvalue weighted by molar-refractivity contribution is 6.35. The smallest absolute Gasteiger partial charge is 0.382 e. The third kappa shape index (κ3) is 6.39. The molecule has 1 fully saturated rings. The Hall–Kier alpha value is -4.41. The minimum absolute atomic E-state index is 0.0282. The largest absolute Gasteiger partial charge is 0.395 e. The highest BCUT2D eigenvalue weighted by atomic mass is 35.5. The van der Waals surface area contributed by atoms with Gasteiger partial charge in [-0.25, -0.2) is 8.78 Å². The summed E-state index contributed by atoms with van der Waals surface area (Å²) in [5.74, 6) is 5.96. The number of nitrogens with two attached hydrogens (primary N) is 1. The summed E-state index contributed by atoms with van der Waals surface area (Å²) >= 11 is 6.64. The Balaban J connectivity index is 1.62. The van der Waals surface area contributed by atoms with Gasteiger partial charge in [0, 0.05) is 41.6 Å². The minimum atomic E-state index is -4.50. The Morgan fingerprint density at radius 3 is 2.53 bits per heavy atom. The molecule has 5 rings (SSSR count). The van der Waals surface area contributed by atoms with E-state index in [0.29, 0.717) is 40.7 Å². The van der Waals surface area contributed by atoms with Crippen molar-refractivity contribution < 1.29 is 22.0 Å². The quantitative estimate of drug-likeness (QED) is 0.0662. The van der Waals surface area contributed by atoms with Crippen molar-refractivity contribution in [3.05, 3.63) is 82.9 Å². The van der Waals surface area contributed by atoms with E-state index < -0.39 is 36.1 Å². The summed E-state index contributed by atoms with van der Waals surface area (Å²) < 4.78 is 68.4. The third-order valence-electron chi connectivity index (χ3n) is 8.02. The molecule has 0 saturated heterocycles. The van der Waals surface area contributed by atoms with Gasteiger partial charge < -0.3 is 21.4 Å². The average molecular weight is 645 g/mol. The van der Waals surface area contributed by atoms with Crippen molar-refractivity contribution in [3.63, 3.8) is 0 Å². The first-order chi connectivity index (χ1) is 21.3. The molecule has 0 bridgehead atoms. The van der Waals surface area contributed by atoms with E-state index in [0.717, 1.165) is 19.2 Å². The number of halogens is 6. The molecule has 0 spiro atoms. The van der Waals surface area contributed by atoms with Gasteiger partial charge in [0.25, 0.3) is 6.43 Å². The number of fused-ring (bicyclic) bond motifs is 2. The second kappa shape index (κ2) is 12.2. The molecule has 1 aliphatic carbocycles. The normalized spacial score (nSPS) is 15.5. The molecule has 0 unspecified atom stereocenters. The Bertz CT molecular complexity index is 1790. The van der Waals surface area contributed by atoms with Gasteiger partial charge >= 0.3 is 6.18 Å². The van der Waals surface area contributed by atoms with Gasteiger partial charge in [-0.3, -0.25) is 15.8 Å². The number of benzene rings is 2. The number of nitrogens with zero attached hydrogens (tertiary/aromatic N) is 3. The number of hydrogen-bond donors (Lipinski definition) is 5. The van der Waals surface area contributed by atoms with Crippen LogP contribution in [-0.2, 0) is 0 Å². The number of anilines is 2. The number of aromatic nitrogens is 2. The zero-order valence-electron chi connectivity index (χ0n) is 24.2. The lowest BCUT2D eigenvalue weighted by molar-refractivity contribution is -0.206. The van der Waals surface area contributed by atoms with E-state index in [1.165, 1.54) is 12.4 Å². The Labute approximate surface area is 260 Å². The molecule has 1 atom stereocenters. The topological polar surface area (TPSA) is 124 Å². The summed E-state index contributed by atoms with van der Waals surface area (Å²) in [6.07, 6.45) is -2.19. The Morgan fingerprint density at radius 1 is 1.13 bits per heavy atom. The van der Waals surface area contributed by atoms with Crippen LogP contribution in [-0.4, -0.2) is 34.7 Å². The van der Waals surface area contributed by atoms with Crippen molar-refractivity contribution in [1.29, 1.82) is 5.26 Å². The first kappa shape index (κ1) is 32.0. The van der Waals surface area contributed by atoms with Gasteiger partial charge in [0.2, 0.25) is 0 Å². The summed E-state index contributed by atoms with van der Waals surface area (Å²) in [6.45, 7) is 1.59. The van der Waals surface area contributed by atoms with Gasteiger partial charge in [-0.05, 0) is 56.5 Å². The van der Waals surface area contributed by atoms with Gasteiger partial charge in [-0.2, -0.15) is 18.4 Å². The van der Waals surface area contributed by atoms with Crippen LogP contribution in [0.15, 0.2) is 66.8 Å². The van der Waals surface area contributed by atoms with Crippen LogP contribution in [0.25, 0.3) is 21.8 Å². The van der Waals surface area contributed by atoms with Crippen molar-refractivity contribution in [3.8, 4) is 6.07 Å². The van der Waals surface area contributed by atoms with Gasteiger partial charge in [0.15, 0.2) is 0 Å². The highest BCUT2D eigenvalue weighted by Crippen LogP contribution is 2.42. The monoisotopic (exact) mass is 644 g/mol. The highest BCUT2D eigenvalue weighted by Gasteiger charge is 2.50. The molecule has 6 N–H and O–H groups in total. The predicted molar refractivity (Wildman–Crippen MR) is 164 cm³/mol. The molecular formula is C31H30ClF5N8. The van der Waals surface area contributed by atoms with Crippen LogP contribution in [0.4, 0.5) is 33.3 Å². The predicted octanol–water partition coefficient (Wildman–Crippen LogP) is 7.15. The maximum Gasteiger partial charge on any atom is 0.395 e. The van der Waals surface area contributed by atoms with Crippen molar-refractivity contribution >= 4 is 44.8 Å². The number of hydrazine groups is 1. The first-order valence-electron chi connectivity index (χ1n) is 14.0. The van der Waals surface area contributed by atoms with Crippen LogP contribution in [0, 0.1) is 16.7 Å². The van der Waals surface area contributed by atoms with E-state index in [1.807, 2.05) is 24.3 Å². The molecule has 0 amide bonds. The van der Waals surface area contributed by atoms with Gasteiger partial charge in [-0.1, -0.05) is 29.8 Å². The van der Waals surface area contributed by atoms with E-state index >= 15 is 0 Å². The van der Waals surface area contributed by atoms with Crippen LogP contribution in [0.1, 0.15) is 43.9 Å². The molecule has 2 heterocycles. The molecule has 0 radical (unpaired) electrons. The molecule has 2 aromatic carbocycles. The second-order valence-electron chi connectivity index (χ2n) is 11.6. The fraction of sp³-hybridized carbons (Fsp3) is 0.323. The molecule has 8 nitrogen and oxygen atoms in total. The lowest BCUT2D eigenvalue weighted by atomic mass is 9.92. The maximum absolute atomic E-state index is 13.7. The number of rotatable bonds is 11. The molecule has 236 valence electrons. The summed E-state index contributed by atoms with van der Waals surface area (Å²) in [6, 6.07) is 13.5. The van der Waals surface area contributed by atoms with Gasteiger partial charge in [0.1, 0.15) is 6.07 Å². The van der Waals surface area contributed by atoms with Crippen molar-refractivity contribution in [2.75, 3.05) is 17.2 Å². The van der Waals surface area contributed by atoms with E-state index in [2.05, 4.69) is 31.3 Å². The van der Waals surface area contributed by atoms with E-state index in [1.54, 1.807) is 30.5 Å². The molecular weight excluding hydrogens is 615 g/mol. The molecule has 0 aliphatic heterocycles. The van der Waals surface area contributed by atoms with Crippen LogP contribution < -0.4 is 27.2 Å². The number of nitriles is 1. The van der Waals surface area contributed by atoms with Crippen molar-refractivity contribution in [2.24, 2.45) is 11.3 Å². The van der Waals surface area contributed by atoms with Crippen molar-refractivity contribution in [2.45, 2.75) is 50.9 Å². The van der Waals surface area contributed by atoms with Crippen molar-refractivity contribution in [1.82, 2.24) is 20.7 Å². The standard InChI is InChI=1S/C31H30ClF5N8/c1-29(2,31(35,36)37)16-42-25-17(13-38)14-41-26-21(25)11-18(12-22(26)32)44-27(20-5-3-7-23-19(20)6-4-10-40-23)24(45-39)15-43-30(8-9-30)28(33)34/h3-7,10-12,14-15,27-28,43-45H,8-9,16,39H2,1-2H3,(H,41,42)/b24-15-/t27-/m0/s1. The van der Waals surface area contributed by atoms with E-state index in [9.17, 15) is 27.2 Å². The number of alkyl halides is 5. The summed E-state index contributed by atoms with van der Waals surface area (Å²) in [5, 5.41) is 20.0. The lowest BCUT2D eigenvalue weighted by Gasteiger charge is -2.29. The first-order valence-corrected chi connectivity index (χ1v) is 14.3. The maximum atomic E-state index is 13.7. The average Bonchev–Trinajstić information content (AvgIpc) is 3.80. The fourth-order valence-corrected chi connectivity index (χ4v) is 5.15. The summed E-state index contributed by atoms with van der Waals surface area (Å²) in [5.41, 5.74) is 1.67. The molecule has 45 heavy (non-hydrogen) atoms. The Kier molecular flexibility index (Phi) is 8.66. The van der Waals surface area contributed by atoms with Crippen LogP contribution in [0.3, 0.4) is 0 Å². The summed E-state index contributed by atoms with van der Waals surface area (Å²) in [4.78, 5) is 8.69. The molecule has 2 aromatic heterocycles. The van der Waals surface area contributed by atoms with E-state index in [-0.39, 0.29) is 21.8 Å². The van der Waals surface area contributed by atoms with Gasteiger partial charge in [0.05, 0.1) is 50.0 Å².